The van der Waals surface area contributed by atoms with Gasteiger partial charge in [0.25, 0.3) is 0 Å². The van der Waals surface area contributed by atoms with Crippen LogP contribution in [0.15, 0.2) is 53.4 Å². The van der Waals surface area contributed by atoms with Crippen molar-refractivity contribution in [1.29, 1.82) is 0 Å². The summed E-state index contributed by atoms with van der Waals surface area (Å²) in [6.45, 7) is 4.29. The summed E-state index contributed by atoms with van der Waals surface area (Å²) in [6, 6.07) is 12.8. The van der Waals surface area contributed by atoms with Crippen LogP contribution in [0.2, 0.25) is 5.02 Å². The highest BCUT2D eigenvalue weighted by molar-refractivity contribution is 7.99. The van der Waals surface area contributed by atoms with Crippen molar-refractivity contribution in [3.05, 3.63) is 64.9 Å². The van der Waals surface area contributed by atoms with Gasteiger partial charge >= 0.3 is 0 Å². The van der Waals surface area contributed by atoms with Crippen LogP contribution in [-0.2, 0) is 16.1 Å². The molecule has 2 rings (SSSR count). The van der Waals surface area contributed by atoms with Gasteiger partial charge < -0.3 is 10.2 Å². The van der Waals surface area contributed by atoms with E-state index in [4.69, 9.17) is 11.6 Å². The zero-order chi connectivity index (χ0) is 20.5. The van der Waals surface area contributed by atoms with E-state index in [1.54, 1.807) is 35.7 Å². The van der Waals surface area contributed by atoms with Crippen LogP contribution in [0.4, 0.5) is 4.39 Å². The third-order valence-corrected chi connectivity index (χ3v) is 5.45. The zero-order valence-electron chi connectivity index (χ0n) is 16.0. The van der Waals surface area contributed by atoms with Crippen molar-refractivity contribution in [2.24, 2.45) is 0 Å². The lowest BCUT2D eigenvalue weighted by atomic mass is 10.1. The van der Waals surface area contributed by atoms with Gasteiger partial charge in [-0.15, -0.1) is 11.8 Å². The maximum atomic E-state index is 13.2. The standard InChI is InChI=1S/C21H24ClFN2O2S/c1-3-24-21(27)15(2)25(14-16-4-8-18(23)9-5-16)20(26)12-13-28-19-10-6-17(22)7-11-19/h4-11,15H,3,12-14H2,1-2H3,(H,24,27)/t15-/m0/s1. The van der Waals surface area contributed by atoms with Crippen molar-refractivity contribution < 1.29 is 14.0 Å². The van der Waals surface area contributed by atoms with E-state index in [2.05, 4.69) is 5.32 Å². The second kappa shape index (κ2) is 11.1. The first-order chi connectivity index (χ1) is 13.4. The van der Waals surface area contributed by atoms with Crippen LogP contribution in [0.5, 0.6) is 0 Å². The van der Waals surface area contributed by atoms with Gasteiger partial charge in [0, 0.05) is 35.2 Å². The van der Waals surface area contributed by atoms with Crippen molar-refractivity contribution in [3.8, 4) is 0 Å². The molecular weight excluding hydrogens is 399 g/mol. The molecule has 0 aliphatic rings. The van der Waals surface area contributed by atoms with Gasteiger partial charge in [-0.25, -0.2) is 4.39 Å². The quantitative estimate of drug-likeness (QED) is 0.604. The highest BCUT2D eigenvalue weighted by atomic mass is 35.5. The van der Waals surface area contributed by atoms with E-state index in [9.17, 15) is 14.0 Å². The predicted octanol–water partition coefficient (Wildman–Crippen LogP) is 4.51. The van der Waals surface area contributed by atoms with Crippen LogP contribution in [-0.4, -0.2) is 35.1 Å². The summed E-state index contributed by atoms with van der Waals surface area (Å²) >= 11 is 7.44. The number of benzene rings is 2. The molecule has 0 aromatic heterocycles. The number of amides is 2. The average Bonchev–Trinajstić information content (AvgIpc) is 2.68. The van der Waals surface area contributed by atoms with Crippen LogP contribution >= 0.6 is 23.4 Å². The normalized spacial score (nSPS) is 11.7. The molecule has 2 amide bonds. The highest BCUT2D eigenvalue weighted by Crippen LogP contribution is 2.22. The number of carbonyl (C=O) groups excluding carboxylic acids is 2. The van der Waals surface area contributed by atoms with E-state index >= 15 is 0 Å². The Hall–Kier alpha value is -2.05. The Labute approximate surface area is 174 Å². The third kappa shape index (κ3) is 6.84. The van der Waals surface area contributed by atoms with E-state index in [1.807, 2.05) is 31.2 Å². The van der Waals surface area contributed by atoms with Crippen molar-refractivity contribution in [2.75, 3.05) is 12.3 Å². The first-order valence-corrected chi connectivity index (χ1v) is 10.5. The summed E-state index contributed by atoms with van der Waals surface area (Å²) in [7, 11) is 0. The monoisotopic (exact) mass is 422 g/mol. The van der Waals surface area contributed by atoms with Crippen LogP contribution in [0, 0.1) is 5.82 Å². The molecule has 0 saturated carbocycles. The van der Waals surface area contributed by atoms with Crippen molar-refractivity contribution in [2.45, 2.75) is 37.8 Å². The van der Waals surface area contributed by atoms with Gasteiger partial charge in [0.1, 0.15) is 11.9 Å². The molecule has 7 heteroatoms. The Balaban J connectivity index is 2.03. The van der Waals surface area contributed by atoms with Gasteiger partial charge in [-0.3, -0.25) is 9.59 Å². The Morgan fingerprint density at radius 2 is 1.79 bits per heavy atom. The number of hydrogen-bond donors (Lipinski definition) is 1. The van der Waals surface area contributed by atoms with Crippen molar-refractivity contribution in [3.63, 3.8) is 0 Å². The molecule has 1 atom stereocenters. The first kappa shape index (κ1) is 22.2. The van der Waals surface area contributed by atoms with E-state index in [1.165, 1.54) is 12.1 Å². The fraction of sp³-hybridized carbons (Fsp3) is 0.333. The van der Waals surface area contributed by atoms with Crippen LogP contribution in [0.3, 0.4) is 0 Å². The first-order valence-electron chi connectivity index (χ1n) is 9.10. The molecule has 0 aliphatic carbocycles. The second-order valence-electron chi connectivity index (χ2n) is 6.27. The van der Waals surface area contributed by atoms with Gasteiger partial charge in [-0.1, -0.05) is 23.7 Å². The van der Waals surface area contributed by atoms with E-state index < -0.39 is 6.04 Å². The smallest absolute Gasteiger partial charge is 0.242 e. The van der Waals surface area contributed by atoms with Gasteiger partial charge in [-0.2, -0.15) is 0 Å². The molecule has 4 nitrogen and oxygen atoms in total. The lowest BCUT2D eigenvalue weighted by Gasteiger charge is -2.28. The molecule has 0 spiro atoms. The molecule has 0 saturated heterocycles. The lowest BCUT2D eigenvalue weighted by Crippen LogP contribution is -2.47. The van der Waals surface area contributed by atoms with Gasteiger partial charge in [0.05, 0.1) is 0 Å². The molecule has 150 valence electrons. The molecule has 0 bridgehead atoms. The highest BCUT2D eigenvalue weighted by Gasteiger charge is 2.25. The predicted molar refractivity (Wildman–Crippen MR) is 112 cm³/mol. The fourth-order valence-corrected chi connectivity index (χ4v) is 3.59. The summed E-state index contributed by atoms with van der Waals surface area (Å²) in [6.07, 6.45) is 0.290. The number of thioether (sulfide) groups is 1. The molecule has 0 aliphatic heterocycles. The molecule has 0 unspecified atom stereocenters. The molecule has 28 heavy (non-hydrogen) atoms. The number of likely N-dealkylation sites (N-methyl/N-ethyl adjacent to an activating group) is 1. The Morgan fingerprint density at radius 1 is 1.14 bits per heavy atom. The van der Waals surface area contributed by atoms with E-state index in [0.717, 1.165) is 10.5 Å². The Morgan fingerprint density at radius 3 is 2.39 bits per heavy atom. The molecule has 0 radical (unpaired) electrons. The number of carbonyl (C=O) groups is 2. The van der Waals surface area contributed by atoms with Crippen LogP contribution in [0.1, 0.15) is 25.8 Å². The average molecular weight is 423 g/mol. The lowest BCUT2D eigenvalue weighted by molar-refractivity contribution is -0.140. The van der Waals surface area contributed by atoms with Crippen LogP contribution in [0.25, 0.3) is 0 Å². The summed E-state index contributed by atoms with van der Waals surface area (Å²) in [5.41, 5.74) is 0.774. The number of hydrogen-bond acceptors (Lipinski definition) is 3. The second-order valence-corrected chi connectivity index (χ2v) is 7.88. The number of nitrogens with zero attached hydrogens (tertiary/aromatic N) is 1. The largest absolute Gasteiger partial charge is 0.355 e. The minimum absolute atomic E-state index is 0.121. The van der Waals surface area contributed by atoms with Gasteiger partial charge in [0.2, 0.25) is 11.8 Å². The van der Waals surface area contributed by atoms with Gasteiger partial charge in [0.15, 0.2) is 0 Å². The molecular formula is C21H24ClFN2O2S. The summed E-state index contributed by atoms with van der Waals surface area (Å²) in [5.74, 6) is -0.0756. The maximum absolute atomic E-state index is 13.2. The molecule has 2 aromatic carbocycles. The fourth-order valence-electron chi connectivity index (χ4n) is 2.62. The molecule has 2 aromatic rings. The minimum atomic E-state index is -0.613. The third-order valence-electron chi connectivity index (χ3n) is 4.18. The Bertz CT molecular complexity index is 784. The summed E-state index contributed by atoms with van der Waals surface area (Å²) in [5, 5.41) is 3.42. The molecule has 1 N–H and O–H groups in total. The van der Waals surface area contributed by atoms with Crippen molar-refractivity contribution in [1.82, 2.24) is 10.2 Å². The van der Waals surface area contributed by atoms with E-state index in [-0.39, 0.29) is 30.6 Å². The maximum Gasteiger partial charge on any atom is 0.242 e. The van der Waals surface area contributed by atoms with Crippen molar-refractivity contribution >= 4 is 35.2 Å². The topological polar surface area (TPSA) is 49.4 Å². The number of halogens is 2. The summed E-state index contributed by atoms with van der Waals surface area (Å²) < 4.78 is 13.2. The zero-order valence-corrected chi connectivity index (χ0v) is 17.5. The number of rotatable bonds is 9. The van der Waals surface area contributed by atoms with E-state index in [0.29, 0.717) is 17.3 Å². The minimum Gasteiger partial charge on any atom is -0.355 e. The molecule has 0 heterocycles. The summed E-state index contributed by atoms with van der Waals surface area (Å²) in [4.78, 5) is 27.7. The SMILES string of the molecule is CCNC(=O)[C@H](C)N(Cc1ccc(F)cc1)C(=O)CCSc1ccc(Cl)cc1. The van der Waals surface area contributed by atoms with Crippen LogP contribution < -0.4 is 5.32 Å². The number of nitrogens with one attached hydrogen (secondary N) is 1. The molecule has 0 fully saturated rings. The Kier molecular flexibility index (Phi) is 8.80. The van der Waals surface area contributed by atoms with Gasteiger partial charge in [-0.05, 0) is 55.8 Å².